The monoisotopic (exact) mass is 382 g/mol. The van der Waals surface area contributed by atoms with Gasteiger partial charge in [-0.15, -0.1) is 0 Å². The molecule has 0 amide bonds. The molecule has 0 saturated heterocycles. The van der Waals surface area contributed by atoms with Crippen molar-refractivity contribution in [1.82, 2.24) is 0 Å². The highest BCUT2D eigenvalue weighted by molar-refractivity contribution is 5.80. The normalized spacial score (nSPS) is 18.7. The van der Waals surface area contributed by atoms with Crippen LogP contribution in [0.5, 0.6) is 11.5 Å². The quantitative estimate of drug-likeness (QED) is 0.221. The first-order valence-corrected chi connectivity index (χ1v) is 10.4. The summed E-state index contributed by atoms with van der Waals surface area (Å²) < 4.78 is 11.2. The van der Waals surface area contributed by atoms with Crippen LogP contribution in [-0.2, 0) is 4.79 Å². The molecule has 5 nitrogen and oxygen atoms in total. The van der Waals surface area contributed by atoms with E-state index in [0.29, 0.717) is 18.3 Å². The number of unbranched alkanes of at least 4 members (excludes halogenated alkanes) is 2. The summed E-state index contributed by atoms with van der Waals surface area (Å²) in [6.07, 6.45) is 9.19. The van der Waals surface area contributed by atoms with E-state index in [1.807, 2.05) is 6.07 Å². The Bertz CT molecular complexity index is 737. The van der Waals surface area contributed by atoms with Gasteiger partial charge in [-0.1, -0.05) is 39.5 Å². The maximum atomic E-state index is 12.6. The van der Waals surface area contributed by atoms with E-state index in [9.17, 15) is 10.1 Å². The maximum absolute atomic E-state index is 12.6. The molecule has 0 bridgehead atoms. The lowest BCUT2D eigenvalue weighted by Crippen LogP contribution is -2.25. The minimum absolute atomic E-state index is 0.0588. The molecule has 0 spiro atoms. The summed E-state index contributed by atoms with van der Waals surface area (Å²) in [5.41, 5.74) is 0.201. The van der Waals surface area contributed by atoms with Crippen LogP contribution < -0.4 is 9.47 Å². The Morgan fingerprint density at radius 1 is 1.18 bits per heavy atom. The molecule has 0 atom stereocenters. The summed E-state index contributed by atoms with van der Waals surface area (Å²) >= 11 is 0. The molecule has 0 unspecified atom stereocenters. The molecule has 0 radical (unpaired) electrons. The molecule has 1 aliphatic rings. The first-order valence-electron chi connectivity index (χ1n) is 10.4. The molecule has 1 aromatic rings. The molecule has 5 heteroatoms. The summed E-state index contributed by atoms with van der Waals surface area (Å²) in [6, 6.07) is 5.24. The van der Waals surface area contributed by atoms with Gasteiger partial charge in [-0.05, 0) is 50.2 Å². The van der Waals surface area contributed by atoms with Gasteiger partial charge in [0.25, 0.3) is 0 Å². The van der Waals surface area contributed by atoms with Gasteiger partial charge in [0.05, 0.1) is 25.2 Å². The van der Waals surface area contributed by atoms with Crippen molar-refractivity contribution in [3.63, 3.8) is 0 Å². The maximum Gasteiger partial charge on any atom is 0.313 e. The van der Waals surface area contributed by atoms with E-state index in [4.69, 9.17) is 16.0 Å². The highest BCUT2D eigenvalue weighted by Crippen LogP contribution is 2.39. The van der Waals surface area contributed by atoms with Crippen molar-refractivity contribution in [1.29, 1.82) is 5.26 Å². The first kappa shape index (κ1) is 21.8. The van der Waals surface area contributed by atoms with Gasteiger partial charge in [0.15, 0.2) is 0 Å². The van der Waals surface area contributed by atoms with Gasteiger partial charge >= 0.3 is 5.97 Å². The second-order valence-corrected chi connectivity index (χ2v) is 7.49. The molecule has 1 aliphatic carbocycles. The summed E-state index contributed by atoms with van der Waals surface area (Å²) in [7, 11) is 0. The Morgan fingerprint density at radius 3 is 2.50 bits per heavy atom. The molecule has 1 saturated carbocycles. The molecule has 1 aromatic carbocycles. The fourth-order valence-corrected chi connectivity index (χ4v) is 3.80. The first-order chi connectivity index (χ1) is 13.6. The van der Waals surface area contributed by atoms with Crippen molar-refractivity contribution < 1.29 is 14.3 Å². The van der Waals surface area contributed by atoms with Crippen molar-refractivity contribution >= 4 is 11.7 Å². The molecule has 2 rings (SSSR count). The lowest BCUT2D eigenvalue weighted by Gasteiger charge is -2.27. The standard InChI is InChI=1S/C23H30N2O3/c1-4-6-7-15-27-20-13-14-21(22(25-3)19(20)16-24)28-23(26)18-11-9-17(8-5-2)10-12-18/h13-14,17-18H,4-12,15H2,1-2H3. The van der Waals surface area contributed by atoms with Crippen LogP contribution in [0, 0.1) is 29.7 Å². The third-order valence-electron chi connectivity index (χ3n) is 5.42. The summed E-state index contributed by atoms with van der Waals surface area (Å²) in [4.78, 5) is 16.0. The Balaban J connectivity index is 2.06. The molecule has 150 valence electrons. The van der Waals surface area contributed by atoms with Crippen LogP contribution >= 0.6 is 0 Å². The molecular weight excluding hydrogens is 352 g/mol. The summed E-state index contributed by atoms with van der Waals surface area (Å²) in [5.74, 6) is 0.836. The van der Waals surface area contributed by atoms with E-state index in [0.717, 1.165) is 44.9 Å². The average molecular weight is 383 g/mol. The van der Waals surface area contributed by atoms with Gasteiger partial charge < -0.3 is 9.47 Å². The summed E-state index contributed by atoms with van der Waals surface area (Å²) in [6.45, 7) is 12.3. The Labute approximate surface area is 168 Å². The predicted octanol–water partition coefficient (Wildman–Crippen LogP) is 6.19. The number of esters is 1. The SMILES string of the molecule is [C-]#[N+]c1c(OC(=O)C2CCC(CCC)CC2)ccc(OCCCCC)c1C#N. The third kappa shape index (κ3) is 5.73. The number of hydrogen-bond acceptors (Lipinski definition) is 4. The average Bonchev–Trinajstić information content (AvgIpc) is 2.72. The highest BCUT2D eigenvalue weighted by atomic mass is 16.5. The van der Waals surface area contributed by atoms with Gasteiger partial charge in [-0.25, -0.2) is 4.85 Å². The van der Waals surface area contributed by atoms with Crippen molar-refractivity contribution in [2.75, 3.05) is 6.61 Å². The van der Waals surface area contributed by atoms with Crippen molar-refractivity contribution in [3.05, 3.63) is 29.1 Å². The fourth-order valence-electron chi connectivity index (χ4n) is 3.80. The molecular formula is C23H30N2O3. The zero-order chi connectivity index (χ0) is 20.4. The second-order valence-electron chi connectivity index (χ2n) is 7.49. The van der Waals surface area contributed by atoms with E-state index in [1.165, 1.54) is 12.8 Å². The molecule has 1 fully saturated rings. The van der Waals surface area contributed by atoms with Gasteiger partial charge in [-0.2, -0.15) is 5.26 Å². The largest absolute Gasteiger partial charge is 0.494 e. The lowest BCUT2D eigenvalue weighted by atomic mass is 9.80. The van der Waals surface area contributed by atoms with E-state index >= 15 is 0 Å². The fraction of sp³-hybridized carbons (Fsp3) is 0.609. The number of rotatable bonds is 9. The van der Waals surface area contributed by atoms with Crippen molar-refractivity contribution in [3.8, 4) is 17.6 Å². The summed E-state index contributed by atoms with van der Waals surface area (Å²) in [5, 5.41) is 9.51. The Kier molecular flexibility index (Phi) is 8.82. The van der Waals surface area contributed by atoms with Gasteiger partial charge in [-0.3, -0.25) is 4.79 Å². The number of benzene rings is 1. The molecule has 28 heavy (non-hydrogen) atoms. The molecule has 0 N–H and O–H groups in total. The zero-order valence-electron chi connectivity index (χ0n) is 17.0. The predicted molar refractivity (Wildman–Crippen MR) is 108 cm³/mol. The number of nitriles is 1. The number of hydrogen-bond donors (Lipinski definition) is 0. The number of ether oxygens (including phenoxy) is 2. The molecule has 0 heterocycles. The van der Waals surface area contributed by atoms with E-state index in [-0.39, 0.29) is 28.9 Å². The smallest absolute Gasteiger partial charge is 0.313 e. The Morgan fingerprint density at radius 2 is 1.89 bits per heavy atom. The van der Waals surface area contributed by atoms with Crippen LogP contribution in [0.2, 0.25) is 0 Å². The van der Waals surface area contributed by atoms with Crippen LogP contribution in [-0.4, -0.2) is 12.6 Å². The van der Waals surface area contributed by atoms with Crippen molar-refractivity contribution in [2.45, 2.75) is 71.6 Å². The van der Waals surface area contributed by atoms with Crippen LogP contribution in [0.15, 0.2) is 12.1 Å². The van der Waals surface area contributed by atoms with Crippen LogP contribution in [0.4, 0.5) is 5.69 Å². The molecule has 0 aromatic heterocycles. The van der Waals surface area contributed by atoms with Gasteiger partial charge in [0.2, 0.25) is 5.69 Å². The number of carbonyl (C=O) groups excluding carboxylic acids is 1. The topological polar surface area (TPSA) is 63.7 Å². The van der Waals surface area contributed by atoms with E-state index in [2.05, 4.69) is 18.7 Å². The minimum atomic E-state index is -0.291. The Hall–Kier alpha value is -2.53. The van der Waals surface area contributed by atoms with Crippen LogP contribution in [0.25, 0.3) is 4.85 Å². The lowest BCUT2D eigenvalue weighted by molar-refractivity contribution is -0.140. The number of nitrogens with zero attached hydrogens (tertiary/aromatic N) is 2. The highest BCUT2D eigenvalue weighted by Gasteiger charge is 2.28. The zero-order valence-corrected chi connectivity index (χ0v) is 17.0. The molecule has 0 aliphatic heterocycles. The van der Waals surface area contributed by atoms with E-state index < -0.39 is 0 Å². The second kappa shape index (κ2) is 11.3. The number of carbonyl (C=O) groups is 1. The van der Waals surface area contributed by atoms with Crippen molar-refractivity contribution in [2.24, 2.45) is 11.8 Å². The van der Waals surface area contributed by atoms with Crippen LogP contribution in [0.1, 0.15) is 77.2 Å². The van der Waals surface area contributed by atoms with Gasteiger partial charge in [0.1, 0.15) is 17.1 Å². The third-order valence-corrected chi connectivity index (χ3v) is 5.42. The minimum Gasteiger partial charge on any atom is -0.494 e. The van der Waals surface area contributed by atoms with Gasteiger partial charge in [0, 0.05) is 0 Å². The van der Waals surface area contributed by atoms with E-state index in [1.54, 1.807) is 12.1 Å². The van der Waals surface area contributed by atoms with Crippen LogP contribution in [0.3, 0.4) is 0 Å².